The van der Waals surface area contributed by atoms with Gasteiger partial charge in [0.05, 0.1) is 36.8 Å². The van der Waals surface area contributed by atoms with Crippen LogP contribution in [0.2, 0.25) is 0 Å². The molecule has 1 aliphatic rings. The van der Waals surface area contributed by atoms with Gasteiger partial charge in [0.1, 0.15) is 0 Å². The minimum absolute atomic E-state index is 0.00242. The number of fused-ring (bicyclic) bond motifs is 1. The van der Waals surface area contributed by atoms with Crippen LogP contribution in [0.1, 0.15) is 13.8 Å². The van der Waals surface area contributed by atoms with E-state index < -0.39 is 6.10 Å². The molecule has 21 heavy (non-hydrogen) atoms. The number of nitrogens with zero attached hydrogens (tertiary/aromatic N) is 1. The van der Waals surface area contributed by atoms with E-state index in [4.69, 9.17) is 9.47 Å². The molecule has 1 aromatic rings. The number of anilines is 2. The van der Waals surface area contributed by atoms with Crippen molar-refractivity contribution in [3.8, 4) is 0 Å². The van der Waals surface area contributed by atoms with Crippen LogP contribution in [0.5, 0.6) is 0 Å². The van der Waals surface area contributed by atoms with Crippen molar-refractivity contribution in [3.05, 3.63) is 24.3 Å². The molecule has 0 bridgehead atoms. The minimum Gasteiger partial charge on any atom is -0.389 e. The van der Waals surface area contributed by atoms with E-state index in [9.17, 15) is 5.11 Å². The number of rotatable bonds is 7. The monoisotopic (exact) mass is 294 g/mol. The molecule has 2 N–H and O–H groups in total. The first kappa shape index (κ1) is 16.1. The van der Waals surface area contributed by atoms with Crippen LogP contribution in [0, 0.1) is 0 Å². The molecule has 0 aromatic heterocycles. The zero-order valence-corrected chi connectivity index (χ0v) is 13.1. The van der Waals surface area contributed by atoms with Crippen LogP contribution >= 0.6 is 0 Å². The highest BCUT2D eigenvalue weighted by Gasteiger charge is 2.24. The van der Waals surface area contributed by atoms with Crippen LogP contribution in [0.4, 0.5) is 11.4 Å². The second-order valence-electron chi connectivity index (χ2n) is 5.65. The van der Waals surface area contributed by atoms with Crippen molar-refractivity contribution >= 4 is 11.4 Å². The summed E-state index contributed by atoms with van der Waals surface area (Å²) in [6.45, 7) is 6.41. The number of β-amino-alcohol motifs (C(OH)–C–C–N with tert-alkyl or cyclic N) is 1. The lowest BCUT2D eigenvalue weighted by atomic mass is 10.1. The third kappa shape index (κ3) is 4.33. The van der Waals surface area contributed by atoms with E-state index in [0.29, 0.717) is 25.8 Å². The van der Waals surface area contributed by atoms with Crippen molar-refractivity contribution in [2.75, 3.05) is 43.6 Å². The first-order valence-electron chi connectivity index (χ1n) is 7.50. The topological polar surface area (TPSA) is 54.0 Å². The van der Waals surface area contributed by atoms with Crippen molar-refractivity contribution in [3.63, 3.8) is 0 Å². The van der Waals surface area contributed by atoms with E-state index in [0.717, 1.165) is 17.9 Å². The van der Waals surface area contributed by atoms with E-state index in [1.54, 1.807) is 7.11 Å². The first-order valence-corrected chi connectivity index (χ1v) is 7.50. The number of aliphatic hydroxyl groups is 1. The fraction of sp³-hybridized carbons (Fsp3) is 0.625. The van der Waals surface area contributed by atoms with Gasteiger partial charge in [0.15, 0.2) is 0 Å². The second-order valence-corrected chi connectivity index (χ2v) is 5.65. The normalized spacial score (nSPS) is 20.6. The zero-order chi connectivity index (χ0) is 15.2. The van der Waals surface area contributed by atoms with Crippen molar-refractivity contribution in [2.24, 2.45) is 0 Å². The molecule has 1 heterocycles. The minimum atomic E-state index is -0.516. The number of ether oxygens (including phenoxy) is 2. The molecular formula is C16H26N2O3. The molecule has 118 valence electrons. The molecule has 1 aliphatic heterocycles. The van der Waals surface area contributed by atoms with E-state index in [1.807, 2.05) is 19.1 Å². The Morgan fingerprint density at radius 1 is 1.38 bits per heavy atom. The molecule has 0 aliphatic carbocycles. The number of benzene rings is 1. The number of aliphatic hydroxyl groups excluding tert-OH is 1. The summed E-state index contributed by atoms with van der Waals surface area (Å²) in [5, 5.41) is 13.6. The van der Waals surface area contributed by atoms with Crippen molar-refractivity contribution in [1.82, 2.24) is 0 Å². The fourth-order valence-electron chi connectivity index (χ4n) is 2.60. The Morgan fingerprint density at radius 3 is 2.90 bits per heavy atom. The summed E-state index contributed by atoms with van der Waals surface area (Å²) in [6, 6.07) is 8.53. The number of para-hydroxylation sites is 2. The zero-order valence-electron chi connectivity index (χ0n) is 13.1. The van der Waals surface area contributed by atoms with Gasteiger partial charge >= 0.3 is 0 Å². The van der Waals surface area contributed by atoms with Crippen molar-refractivity contribution in [2.45, 2.75) is 32.1 Å². The Balaban J connectivity index is 1.92. The summed E-state index contributed by atoms with van der Waals surface area (Å²) in [6.07, 6.45) is -0.518. The molecule has 0 saturated carbocycles. The molecule has 5 nitrogen and oxygen atoms in total. The van der Waals surface area contributed by atoms with Crippen LogP contribution in [-0.2, 0) is 9.47 Å². The average Bonchev–Trinajstić information content (AvgIpc) is 2.48. The smallest absolute Gasteiger partial charge is 0.0948 e. The Bertz CT molecular complexity index is 441. The maximum atomic E-state index is 10.2. The highest BCUT2D eigenvalue weighted by Crippen LogP contribution is 2.31. The molecule has 0 amide bonds. The second kappa shape index (κ2) is 7.64. The molecule has 0 saturated heterocycles. The Labute approximate surface area is 126 Å². The summed E-state index contributed by atoms with van der Waals surface area (Å²) in [7, 11) is 1.65. The van der Waals surface area contributed by atoms with E-state index >= 15 is 0 Å². The van der Waals surface area contributed by atoms with Crippen LogP contribution in [0.15, 0.2) is 24.3 Å². The summed E-state index contributed by atoms with van der Waals surface area (Å²) >= 11 is 0. The average molecular weight is 294 g/mol. The van der Waals surface area contributed by atoms with Gasteiger partial charge in [0.25, 0.3) is 0 Å². The van der Waals surface area contributed by atoms with Crippen LogP contribution in [0.3, 0.4) is 0 Å². The number of nitrogens with one attached hydrogen (secondary N) is 1. The Hall–Kier alpha value is -1.30. The predicted molar refractivity (Wildman–Crippen MR) is 85.0 cm³/mol. The summed E-state index contributed by atoms with van der Waals surface area (Å²) in [4.78, 5) is 2.24. The summed E-state index contributed by atoms with van der Waals surface area (Å²) in [5.41, 5.74) is 2.26. The van der Waals surface area contributed by atoms with Gasteiger partial charge in [-0.1, -0.05) is 12.1 Å². The van der Waals surface area contributed by atoms with Crippen molar-refractivity contribution < 1.29 is 14.6 Å². The number of hydrogen-bond acceptors (Lipinski definition) is 5. The largest absolute Gasteiger partial charge is 0.389 e. The van der Waals surface area contributed by atoms with E-state index in [1.165, 1.54) is 0 Å². The molecule has 1 aromatic carbocycles. The Kier molecular flexibility index (Phi) is 5.85. The van der Waals surface area contributed by atoms with Gasteiger partial charge < -0.3 is 24.8 Å². The fourth-order valence-corrected chi connectivity index (χ4v) is 2.60. The number of methoxy groups -OCH3 is 1. The van der Waals surface area contributed by atoms with Crippen molar-refractivity contribution in [1.29, 1.82) is 0 Å². The molecule has 3 unspecified atom stereocenters. The quantitative estimate of drug-likeness (QED) is 0.802. The van der Waals surface area contributed by atoms with Crippen LogP contribution < -0.4 is 10.2 Å². The maximum absolute atomic E-state index is 10.2. The van der Waals surface area contributed by atoms with Gasteiger partial charge in [0.2, 0.25) is 0 Å². The third-order valence-corrected chi connectivity index (χ3v) is 3.72. The maximum Gasteiger partial charge on any atom is 0.0948 e. The SMILES string of the molecule is COCC(C)OCC(O)CN1c2ccccc2NCC1C. The molecule has 2 rings (SSSR count). The molecular weight excluding hydrogens is 268 g/mol. The molecule has 5 heteroatoms. The summed E-state index contributed by atoms with van der Waals surface area (Å²) in [5.74, 6) is 0. The first-order chi connectivity index (χ1) is 10.1. The Morgan fingerprint density at radius 2 is 2.14 bits per heavy atom. The van der Waals surface area contributed by atoms with Crippen LogP contribution in [-0.4, -0.2) is 56.8 Å². The van der Waals surface area contributed by atoms with Gasteiger partial charge in [-0.05, 0) is 26.0 Å². The van der Waals surface area contributed by atoms with Gasteiger partial charge in [-0.25, -0.2) is 0 Å². The van der Waals surface area contributed by atoms with E-state index in [2.05, 4.69) is 29.3 Å². The molecule has 3 atom stereocenters. The molecule has 0 spiro atoms. The molecule has 0 radical (unpaired) electrons. The standard InChI is InChI=1S/C16H26N2O3/c1-12-8-17-15-6-4-5-7-16(15)18(12)9-14(19)11-21-13(2)10-20-3/h4-7,12-14,17,19H,8-11H2,1-3H3. The number of hydrogen-bond donors (Lipinski definition) is 2. The lowest BCUT2D eigenvalue weighted by Crippen LogP contribution is -2.46. The van der Waals surface area contributed by atoms with Gasteiger partial charge in [-0.15, -0.1) is 0 Å². The molecule has 0 fully saturated rings. The van der Waals surface area contributed by atoms with E-state index in [-0.39, 0.29) is 6.10 Å². The summed E-state index contributed by atoms with van der Waals surface area (Å²) < 4.78 is 10.6. The lowest BCUT2D eigenvalue weighted by Gasteiger charge is -2.38. The van der Waals surface area contributed by atoms with Crippen LogP contribution in [0.25, 0.3) is 0 Å². The van der Waals surface area contributed by atoms with Gasteiger partial charge in [0, 0.05) is 26.2 Å². The lowest BCUT2D eigenvalue weighted by molar-refractivity contribution is -0.0298. The highest BCUT2D eigenvalue weighted by atomic mass is 16.5. The van der Waals surface area contributed by atoms with Gasteiger partial charge in [-0.2, -0.15) is 0 Å². The highest BCUT2D eigenvalue weighted by molar-refractivity contribution is 5.72. The predicted octanol–water partition coefficient (Wildman–Crippen LogP) is 1.72. The third-order valence-electron chi connectivity index (χ3n) is 3.72. The van der Waals surface area contributed by atoms with Gasteiger partial charge in [-0.3, -0.25) is 0 Å².